The van der Waals surface area contributed by atoms with Gasteiger partial charge in [0.25, 0.3) is 10.1 Å². The average Bonchev–Trinajstić information content (AvgIpc) is 2.38. The number of unbranched alkanes of at least 4 members (excludes halogenated alkanes) is 4. The second kappa shape index (κ2) is 11.4. The summed E-state index contributed by atoms with van der Waals surface area (Å²) >= 11 is 0. The van der Waals surface area contributed by atoms with E-state index in [1.807, 2.05) is 13.8 Å². The van der Waals surface area contributed by atoms with Crippen LogP contribution >= 0.6 is 0 Å². The normalized spacial score (nSPS) is 15.3. The number of aliphatic carboxylic acids is 2. The Kier molecular flexibility index (Phi) is 12.5. The number of hydrogen-bond donors (Lipinski definition) is 3. The van der Waals surface area contributed by atoms with Crippen molar-refractivity contribution in [2.24, 2.45) is 5.92 Å². The standard InChI is InChI=1S/C14H26O7S.Na.H/c1-3-5-7-9-11(12(15)16)14(13(17)18,22(19,20)21)10-8-6-4-2;;/h11H,3-10H2,1-2H3,(H,15,16)(H,17,18)(H,19,20,21);;/q;+1;-1. The number of carboxylic acids is 2. The van der Waals surface area contributed by atoms with E-state index in [4.69, 9.17) is 0 Å². The topological polar surface area (TPSA) is 129 Å². The van der Waals surface area contributed by atoms with Crippen molar-refractivity contribution in [2.45, 2.75) is 70.0 Å². The van der Waals surface area contributed by atoms with Crippen molar-refractivity contribution in [3.63, 3.8) is 0 Å². The van der Waals surface area contributed by atoms with Crippen LogP contribution in [0.2, 0.25) is 0 Å². The molecule has 0 aromatic heterocycles. The van der Waals surface area contributed by atoms with Crippen molar-refractivity contribution in [3.05, 3.63) is 0 Å². The quantitative estimate of drug-likeness (QED) is 0.246. The van der Waals surface area contributed by atoms with Crippen LogP contribution in [0.15, 0.2) is 0 Å². The first-order valence-electron chi connectivity index (χ1n) is 7.58. The Balaban J connectivity index is -0.00000220. The molecule has 132 valence electrons. The van der Waals surface area contributed by atoms with Crippen molar-refractivity contribution in [1.29, 1.82) is 0 Å². The largest absolute Gasteiger partial charge is 1.00 e. The average molecular weight is 362 g/mol. The molecule has 3 N–H and O–H groups in total. The van der Waals surface area contributed by atoms with Crippen molar-refractivity contribution in [3.8, 4) is 0 Å². The summed E-state index contributed by atoms with van der Waals surface area (Å²) in [4.78, 5) is 23.1. The van der Waals surface area contributed by atoms with Gasteiger partial charge >= 0.3 is 41.5 Å². The maximum atomic E-state index is 11.8. The van der Waals surface area contributed by atoms with Crippen LogP contribution in [0.3, 0.4) is 0 Å². The molecule has 0 radical (unpaired) electrons. The Hall–Kier alpha value is -0.150. The van der Waals surface area contributed by atoms with Crippen molar-refractivity contribution in [2.75, 3.05) is 0 Å². The van der Waals surface area contributed by atoms with Crippen LogP contribution in [0.4, 0.5) is 0 Å². The van der Waals surface area contributed by atoms with Gasteiger partial charge in [-0.2, -0.15) is 8.42 Å². The monoisotopic (exact) mass is 362 g/mol. The van der Waals surface area contributed by atoms with Gasteiger partial charge in [0.1, 0.15) is 0 Å². The maximum Gasteiger partial charge on any atom is 1.00 e. The minimum Gasteiger partial charge on any atom is -1.00 e. The molecule has 0 aliphatic carbocycles. The minimum absolute atomic E-state index is 0. The first-order chi connectivity index (χ1) is 10.1. The molecule has 9 heteroatoms. The summed E-state index contributed by atoms with van der Waals surface area (Å²) in [5.74, 6) is -4.97. The summed E-state index contributed by atoms with van der Waals surface area (Å²) < 4.78 is 30.4. The molecule has 0 saturated heterocycles. The third-order valence-electron chi connectivity index (χ3n) is 3.93. The fourth-order valence-electron chi connectivity index (χ4n) is 2.64. The molecule has 0 amide bonds. The Morgan fingerprint density at radius 1 is 1.04 bits per heavy atom. The Morgan fingerprint density at radius 2 is 1.52 bits per heavy atom. The molecular formula is C14H27NaO7S. The summed E-state index contributed by atoms with van der Waals surface area (Å²) in [5, 5.41) is 18.8. The van der Waals surface area contributed by atoms with Gasteiger partial charge in [0.05, 0.1) is 5.92 Å². The van der Waals surface area contributed by atoms with Gasteiger partial charge in [-0.25, -0.2) is 0 Å². The molecule has 0 heterocycles. The molecule has 0 aliphatic heterocycles. The predicted molar refractivity (Wildman–Crippen MR) is 82.4 cm³/mol. The molecule has 0 aliphatic rings. The summed E-state index contributed by atoms with van der Waals surface area (Å²) in [5.41, 5.74) is 0. The number of carboxylic acid groups (broad SMARTS) is 2. The van der Waals surface area contributed by atoms with E-state index in [-0.39, 0.29) is 43.8 Å². The molecule has 0 fully saturated rings. The Morgan fingerprint density at radius 3 is 1.87 bits per heavy atom. The van der Waals surface area contributed by atoms with Gasteiger partial charge in [0, 0.05) is 0 Å². The molecule has 7 nitrogen and oxygen atoms in total. The molecule has 0 saturated carbocycles. The second-order valence-electron chi connectivity index (χ2n) is 5.51. The number of hydrogen-bond acceptors (Lipinski definition) is 4. The van der Waals surface area contributed by atoms with Crippen LogP contribution in [-0.4, -0.2) is 39.9 Å². The first kappa shape index (κ1) is 25.1. The van der Waals surface area contributed by atoms with E-state index >= 15 is 0 Å². The van der Waals surface area contributed by atoms with Gasteiger partial charge in [0.15, 0.2) is 0 Å². The van der Waals surface area contributed by atoms with E-state index in [1.54, 1.807) is 0 Å². The zero-order valence-corrected chi connectivity index (χ0v) is 16.9. The van der Waals surface area contributed by atoms with Gasteiger partial charge in [-0.1, -0.05) is 52.4 Å². The van der Waals surface area contributed by atoms with Crippen LogP contribution < -0.4 is 29.6 Å². The van der Waals surface area contributed by atoms with E-state index in [2.05, 4.69) is 0 Å². The fraction of sp³-hybridized carbons (Fsp3) is 0.857. The van der Waals surface area contributed by atoms with E-state index in [9.17, 15) is 32.8 Å². The maximum absolute atomic E-state index is 11.8. The van der Waals surface area contributed by atoms with E-state index in [0.717, 1.165) is 12.8 Å². The van der Waals surface area contributed by atoms with Gasteiger partial charge in [-0.3, -0.25) is 14.1 Å². The van der Waals surface area contributed by atoms with Crippen LogP contribution in [0.1, 0.15) is 66.6 Å². The Labute approximate surface area is 161 Å². The van der Waals surface area contributed by atoms with Gasteiger partial charge in [0.2, 0.25) is 4.75 Å². The summed E-state index contributed by atoms with van der Waals surface area (Å²) in [6.45, 7) is 3.75. The van der Waals surface area contributed by atoms with E-state index in [1.165, 1.54) is 0 Å². The fourth-order valence-corrected chi connectivity index (χ4v) is 3.84. The zero-order chi connectivity index (χ0) is 17.4. The molecule has 0 bridgehead atoms. The van der Waals surface area contributed by atoms with Crippen LogP contribution in [0.5, 0.6) is 0 Å². The zero-order valence-electron chi connectivity index (χ0n) is 15.1. The SMILES string of the molecule is CCCCCC(C(=O)O)C(CCCCC)(C(=O)O)S(=O)(=O)O.[H-].[Na+]. The summed E-state index contributed by atoms with van der Waals surface area (Å²) in [6, 6.07) is 0. The number of carbonyl (C=O) groups is 2. The van der Waals surface area contributed by atoms with E-state index < -0.39 is 39.1 Å². The number of rotatable bonds is 12. The molecule has 0 aromatic carbocycles. The molecule has 2 atom stereocenters. The summed E-state index contributed by atoms with van der Waals surface area (Å²) in [7, 11) is -5.07. The second-order valence-corrected chi connectivity index (χ2v) is 7.19. The van der Waals surface area contributed by atoms with Crippen LogP contribution in [0, 0.1) is 5.92 Å². The van der Waals surface area contributed by atoms with Crippen molar-refractivity contribution >= 4 is 22.1 Å². The third-order valence-corrected chi connectivity index (χ3v) is 5.52. The molecular weight excluding hydrogens is 335 g/mol. The molecule has 2 unspecified atom stereocenters. The minimum atomic E-state index is -5.07. The van der Waals surface area contributed by atoms with Crippen molar-refractivity contribution in [1.82, 2.24) is 0 Å². The first-order valence-corrected chi connectivity index (χ1v) is 9.02. The Bertz CT molecular complexity index is 484. The molecule has 0 rings (SSSR count). The van der Waals surface area contributed by atoms with E-state index in [0.29, 0.717) is 19.3 Å². The van der Waals surface area contributed by atoms with Crippen LogP contribution in [-0.2, 0) is 19.7 Å². The summed E-state index contributed by atoms with van der Waals surface area (Å²) in [6.07, 6.45) is 2.85. The van der Waals surface area contributed by atoms with Gasteiger partial charge < -0.3 is 11.6 Å². The molecule has 23 heavy (non-hydrogen) atoms. The third kappa shape index (κ3) is 6.70. The predicted octanol–water partition coefficient (Wildman–Crippen LogP) is -0.324. The molecule has 0 aromatic rings. The smallest absolute Gasteiger partial charge is 1.00 e. The van der Waals surface area contributed by atoms with Gasteiger partial charge in [-0.15, -0.1) is 0 Å². The molecule has 0 spiro atoms. The van der Waals surface area contributed by atoms with Crippen LogP contribution in [0.25, 0.3) is 0 Å². The van der Waals surface area contributed by atoms with Gasteiger partial charge in [-0.05, 0) is 12.8 Å². The van der Waals surface area contributed by atoms with Crippen molar-refractivity contribution < 1.29 is 63.8 Å².